The molecule has 0 unspecified atom stereocenters. The van der Waals surface area contributed by atoms with Gasteiger partial charge in [0.25, 0.3) is 0 Å². The number of methoxy groups -OCH3 is 1. The Morgan fingerprint density at radius 3 is 3.16 bits per heavy atom. The van der Waals surface area contributed by atoms with E-state index >= 15 is 0 Å². The molecule has 19 heavy (non-hydrogen) atoms. The van der Waals surface area contributed by atoms with Gasteiger partial charge in [0.15, 0.2) is 0 Å². The molecule has 0 radical (unpaired) electrons. The second-order valence-electron chi connectivity index (χ2n) is 4.89. The number of rotatable bonds is 3. The van der Waals surface area contributed by atoms with Gasteiger partial charge in [0.2, 0.25) is 0 Å². The zero-order valence-electron chi connectivity index (χ0n) is 10.7. The molecule has 1 aliphatic rings. The Kier molecular flexibility index (Phi) is 2.91. The van der Waals surface area contributed by atoms with Crippen molar-refractivity contribution in [3.05, 3.63) is 29.5 Å². The van der Waals surface area contributed by atoms with Crippen LogP contribution in [0, 0.1) is 0 Å². The number of ether oxygens (including phenoxy) is 1. The quantitative estimate of drug-likeness (QED) is 0.779. The lowest BCUT2D eigenvalue weighted by Crippen LogP contribution is -2.87. The van der Waals surface area contributed by atoms with Crippen molar-refractivity contribution in [3.63, 3.8) is 0 Å². The molecule has 3 N–H and O–H groups in total. The van der Waals surface area contributed by atoms with Gasteiger partial charge < -0.3 is 24.9 Å². The lowest BCUT2D eigenvalue weighted by atomic mass is 9.97. The Labute approximate surface area is 110 Å². The molecule has 0 fully saturated rings. The molecule has 3 rings (SSSR count). The number of carboxylic acid groups (broad SMARTS) is 1. The van der Waals surface area contributed by atoms with Crippen LogP contribution in [0.5, 0.6) is 5.75 Å². The molecule has 100 valence electrons. The van der Waals surface area contributed by atoms with Crippen LogP contribution in [0.3, 0.4) is 0 Å². The molecule has 1 aromatic carbocycles. The summed E-state index contributed by atoms with van der Waals surface area (Å²) in [6, 6.07) is 5.81. The van der Waals surface area contributed by atoms with Gasteiger partial charge in [0.05, 0.1) is 19.3 Å². The minimum atomic E-state index is -1.01. The van der Waals surface area contributed by atoms with Gasteiger partial charge in [-0.25, -0.2) is 0 Å². The van der Waals surface area contributed by atoms with Crippen LogP contribution in [0.1, 0.15) is 23.7 Å². The van der Waals surface area contributed by atoms with Crippen LogP contribution in [0.2, 0.25) is 0 Å². The van der Waals surface area contributed by atoms with Gasteiger partial charge in [0, 0.05) is 29.7 Å². The summed E-state index contributed by atoms with van der Waals surface area (Å²) in [4.78, 5) is 14.2. The first-order valence-electron chi connectivity index (χ1n) is 6.40. The van der Waals surface area contributed by atoms with Crippen molar-refractivity contribution in [2.75, 3.05) is 13.7 Å². The first-order chi connectivity index (χ1) is 9.19. The van der Waals surface area contributed by atoms with Gasteiger partial charge in [-0.3, -0.25) is 0 Å². The van der Waals surface area contributed by atoms with Gasteiger partial charge in [-0.15, -0.1) is 0 Å². The molecule has 0 amide bonds. The van der Waals surface area contributed by atoms with E-state index in [2.05, 4.69) is 10.3 Å². The van der Waals surface area contributed by atoms with Gasteiger partial charge in [0.1, 0.15) is 11.8 Å². The molecule has 0 bridgehead atoms. The molecule has 1 aliphatic heterocycles. The first-order valence-corrected chi connectivity index (χ1v) is 6.40. The smallest absolute Gasteiger partial charge is 0.132 e. The van der Waals surface area contributed by atoms with E-state index in [0.717, 1.165) is 35.3 Å². The predicted octanol–water partition coefficient (Wildman–Crippen LogP) is -0.523. The van der Waals surface area contributed by atoms with Gasteiger partial charge >= 0.3 is 0 Å². The van der Waals surface area contributed by atoms with Crippen molar-refractivity contribution in [2.45, 2.75) is 18.9 Å². The highest BCUT2D eigenvalue weighted by molar-refractivity contribution is 5.86. The van der Waals surface area contributed by atoms with Crippen LogP contribution in [0.15, 0.2) is 18.2 Å². The summed E-state index contributed by atoms with van der Waals surface area (Å²) in [7, 11) is 1.65. The van der Waals surface area contributed by atoms with Crippen molar-refractivity contribution in [1.29, 1.82) is 0 Å². The summed E-state index contributed by atoms with van der Waals surface area (Å²) in [5.74, 6) is -0.189. The summed E-state index contributed by atoms with van der Waals surface area (Å²) in [5.41, 5.74) is 3.26. The number of hydrogen-bond acceptors (Lipinski definition) is 3. The van der Waals surface area contributed by atoms with Crippen molar-refractivity contribution < 1.29 is 20.0 Å². The van der Waals surface area contributed by atoms with E-state index < -0.39 is 5.97 Å². The van der Waals surface area contributed by atoms with Crippen LogP contribution in [-0.2, 0) is 11.2 Å². The average molecular weight is 260 g/mol. The Hall–Kier alpha value is -2.01. The number of aromatic nitrogens is 1. The molecule has 2 aromatic rings. The van der Waals surface area contributed by atoms with E-state index in [4.69, 9.17) is 4.74 Å². The second kappa shape index (κ2) is 4.59. The fourth-order valence-electron chi connectivity index (χ4n) is 2.87. The molecule has 0 aliphatic carbocycles. The largest absolute Gasteiger partial charge is 0.550 e. The Balaban J connectivity index is 2.10. The third-order valence-corrected chi connectivity index (χ3v) is 3.75. The Bertz CT molecular complexity index is 633. The van der Waals surface area contributed by atoms with Crippen molar-refractivity contribution in [1.82, 2.24) is 4.98 Å². The molecule has 5 heteroatoms. The number of nitrogens with two attached hydrogens (primary N) is 1. The monoisotopic (exact) mass is 260 g/mol. The molecule has 2 heterocycles. The van der Waals surface area contributed by atoms with Crippen molar-refractivity contribution >= 4 is 16.9 Å². The van der Waals surface area contributed by atoms with Gasteiger partial charge in [-0.2, -0.15) is 0 Å². The van der Waals surface area contributed by atoms with E-state index in [0.29, 0.717) is 0 Å². The highest BCUT2D eigenvalue weighted by Crippen LogP contribution is 2.31. The van der Waals surface area contributed by atoms with Gasteiger partial charge in [-0.05, 0) is 23.8 Å². The second-order valence-corrected chi connectivity index (χ2v) is 4.89. The zero-order valence-corrected chi connectivity index (χ0v) is 10.7. The van der Waals surface area contributed by atoms with E-state index in [9.17, 15) is 9.90 Å². The fraction of sp³-hybridized carbons (Fsp3) is 0.357. The fourth-order valence-corrected chi connectivity index (χ4v) is 2.87. The molecule has 0 saturated carbocycles. The topological polar surface area (TPSA) is 81.8 Å². The van der Waals surface area contributed by atoms with Crippen LogP contribution in [0.25, 0.3) is 10.9 Å². The number of H-pyrrole nitrogens is 1. The Morgan fingerprint density at radius 1 is 1.58 bits per heavy atom. The van der Waals surface area contributed by atoms with Crippen LogP contribution < -0.4 is 15.2 Å². The summed E-state index contributed by atoms with van der Waals surface area (Å²) < 4.78 is 5.25. The molecular formula is C14H16N2O3. The third-order valence-electron chi connectivity index (χ3n) is 3.75. The molecule has 1 aromatic heterocycles. The van der Waals surface area contributed by atoms with E-state index in [1.165, 1.54) is 5.56 Å². The number of carbonyl (C=O) groups is 1. The summed E-state index contributed by atoms with van der Waals surface area (Å²) in [6.45, 7) is 0.898. The summed E-state index contributed by atoms with van der Waals surface area (Å²) >= 11 is 0. The summed E-state index contributed by atoms with van der Waals surface area (Å²) in [6.07, 6.45) is 0.975. The minimum absolute atomic E-state index is 0.0386. The Morgan fingerprint density at radius 2 is 2.42 bits per heavy atom. The van der Waals surface area contributed by atoms with Crippen LogP contribution in [0.4, 0.5) is 0 Å². The van der Waals surface area contributed by atoms with Crippen LogP contribution >= 0.6 is 0 Å². The maximum atomic E-state index is 10.8. The number of aliphatic carboxylic acids is 1. The lowest BCUT2D eigenvalue weighted by molar-refractivity contribution is -0.699. The van der Waals surface area contributed by atoms with Crippen LogP contribution in [-0.4, -0.2) is 24.6 Å². The standard InChI is InChI=1S/C14H16N2O3/c1-19-8-2-3-11-10(6-8)9-4-5-15-12(7-13(17)18)14(9)16-11/h2-3,6,12,15-16H,4-5,7H2,1H3,(H,17,18)/t12-/m0/s1. The number of hydrogen-bond donors (Lipinski definition) is 2. The third kappa shape index (κ3) is 2.06. The lowest BCUT2D eigenvalue weighted by Gasteiger charge is -2.21. The van der Waals surface area contributed by atoms with Crippen molar-refractivity contribution in [3.8, 4) is 5.75 Å². The average Bonchev–Trinajstić information content (AvgIpc) is 2.77. The number of nitrogens with one attached hydrogen (secondary N) is 1. The maximum Gasteiger partial charge on any atom is 0.132 e. The predicted molar refractivity (Wildman–Crippen MR) is 67.7 cm³/mol. The van der Waals surface area contributed by atoms with E-state index in [1.807, 2.05) is 18.2 Å². The number of benzene rings is 1. The molecule has 1 atom stereocenters. The first kappa shape index (κ1) is 12.0. The number of aromatic amines is 1. The zero-order chi connectivity index (χ0) is 13.4. The molecule has 0 saturated heterocycles. The number of quaternary nitrogens is 1. The molecular weight excluding hydrogens is 244 g/mol. The highest BCUT2D eigenvalue weighted by Gasteiger charge is 2.27. The maximum absolute atomic E-state index is 10.8. The number of carboxylic acids is 1. The molecule has 0 spiro atoms. The minimum Gasteiger partial charge on any atom is -0.550 e. The van der Waals surface area contributed by atoms with E-state index in [-0.39, 0.29) is 12.5 Å². The number of fused-ring (bicyclic) bond motifs is 3. The van der Waals surface area contributed by atoms with Crippen molar-refractivity contribution in [2.24, 2.45) is 0 Å². The highest BCUT2D eigenvalue weighted by atomic mass is 16.5. The van der Waals surface area contributed by atoms with E-state index in [1.54, 1.807) is 7.11 Å². The number of carbonyl (C=O) groups excluding carboxylic acids is 1. The SMILES string of the molecule is COc1ccc2[nH]c3c(c2c1)CC[NH2+][C@H]3CC(=O)[O-]. The molecule has 5 nitrogen and oxygen atoms in total. The normalized spacial score (nSPS) is 18.3. The van der Waals surface area contributed by atoms with Gasteiger partial charge in [-0.1, -0.05) is 0 Å². The summed E-state index contributed by atoms with van der Waals surface area (Å²) in [5, 5.41) is 14.0.